The van der Waals surface area contributed by atoms with Gasteiger partial charge in [-0.2, -0.15) is 0 Å². The topological polar surface area (TPSA) is 91.0 Å². The molecule has 2 aromatic rings. The molecule has 8 heteroatoms. The van der Waals surface area contributed by atoms with E-state index in [4.69, 9.17) is 4.74 Å². The molecule has 162 valence electrons. The SMILES string of the molecule is C[C@@H](C(=O)Nc1ccc(N2CCOCC2)cc1)N1C(=O)N[C@@H](Cc2ccccc2)C1=O. The number of carbonyl (C=O) groups is 3. The van der Waals surface area contributed by atoms with Crippen molar-refractivity contribution in [1.82, 2.24) is 10.2 Å². The zero-order chi connectivity index (χ0) is 21.8. The van der Waals surface area contributed by atoms with E-state index >= 15 is 0 Å². The number of hydrogen-bond acceptors (Lipinski definition) is 5. The van der Waals surface area contributed by atoms with Crippen molar-refractivity contribution in [3.8, 4) is 0 Å². The summed E-state index contributed by atoms with van der Waals surface area (Å²) in [5.74, 6) is -0.804. The van der Waals surface area contributed by atoms with Crippen molar-refractivity contribution in [3.05, 3.63) is 60.2 Å². The highest BCUT2D eigenvalue weighted by molar-refractivity contribution is 6.09. The molecule has 0 radical (unpaired) electrons. The molecule has 2 fully saturated rings. The second-order valence-corrected chi connectivity index (χ2v) is 7.71. The van der Waals surface area contributed by atoms with Crippen LogP contribution in [0.2, 0.25) is 0 Å². The molecule has 2 atom stereocenters. The fourth-order valence-corrected chi connectivity index (χ4v) is 3.84. The van der Waals surface area contributed by atoms with Gasteiger partial charge in [0.2, 0.25) is 5.91 Å². The number of benzene rings is 2. The number of rotatable bonds is 6. The Morgan fingerprint density at radius 2 is 1.77 bits per heavy atom. The maximum absolute atomic E-state index is 12.8. The molecule has 2 saturated heterocycles. The minimum Gasteiger partial charge on any atom is -0.378 e. The van der Waals surface area contributed by atoms with Gasteiger partial charge < -0.3 is 20.3 Å². The second-order valence-electron chi connectivity index (χ2n) is 7.71. The van der Waals surface area contributed by atoms with Crippen LogP contribution in [-0.4, -0.2) is 61.1 Å². The number of urea groups is 1. The number of carbonyl (C=O) groups excluding carboxylic acids is 3. The van der Waals surface area contributed by atoms with Crippen LogP contribution in [0.5, 0.6) is 0 Å². The molecule has 0 aliphatic carbocycles. The maximum atomic E-state index is 12.8. The van der Waals surface area contributed by atoms with Crippen molar-refractivity contribution in [2.75, 3.05) is 36.5 Å². The van der Waals surface area contributed by atoms with Gasteiger partial charge in [0.1, 0.15) is 12.1 Å². The average Bonchev–Trinajstić information content (AvgIpc) is 3.07. The Balaban J connectivity index is 1.37. The Kier molecular flexibility index (Phi) is 6.18. The molecular weight excluding hydrogens is 396 g/mol. The molecule has 0 unspecified atom stereocenters. The zero-order valence-electron chi connectivity index (χ0n) is 17.4. The van der Waals surface area contributed by atoms with E-state index in [1.807, 2.05) is 54.6 Å². The number of nitrogens with zero attached hydrogens (tertiary/aromatic N) is 2. The third-order valence-electron chi connectivity index (χ3n) is 5.61. The molecule has 2 aliphatic rings. The van der Waals surface area contributed by atoms with E-state index in [9.17, 15) is 14.4 Å². The quantitative estimate of drug-likeness (QED) is 0.695. The van der Waals surface area contributed by atoms with Gasteiger partial charge in [0.05, 0.1) is 13.2 Å². The Morgan fingerprint density at radius 1 is 1.10 bits per heavy atom. The van der Waals surface area contributed by atoms with Crippen LogP contribution in [0.4, 0.5) is 16.2 Å². The lowest BCUT2D eigenvalue weighted by molar-refractivity contribution is -0.133. The van der Waals surface area contributed by atoms with Crippen LogP contribution >= 0.6 is 0 Å². The summed E-state index contributed by atoms with van der Waals surface area (Å²) >= 11 is 0. The molecule has 4 rings (SSSR count). The average molecular weight is 422 g/mol. The highest BCUT2D eigenvalue weighted by atomic mass is 16.5. The second kappa shape index (κ2) is 9.18. The van der Waals surface area contributed by atoms with E-state index in [1.54, 1.807) is 6.92 Å². The van der Waals surface area contributed by atoms with Gasteiger partial charge in [0, 0.05) is 30.9 Å². The van der Waals surface area contributed by atoms with Crippen LogP contribution in [0.1, 0.15) is 12.5 Å². The van der Waals surface area contributed by atoms with Crippen LogP contribution in [0, 0.1) is 0 Å². The van der Waals surface area contributed by atoms with E-state index in [2.05, 4.69) is 15.5 Å². The van der Waals surface area contributed by atoms with Crippen LogP contribution < -0.4 is 15.5 Å². The van der Waals surface area contributed by atoms with Gasteiger partial charge >= 0.3 is 6.03 Å². The Morgan fingerprint density at radius 3 is 2.45 bits per heavy atom. The largest absolute Gasteiger partial charge is 0.378 e. The van der Waals surface area contributed by atoms with E-state index < -0.39 is 24.0 Å². The first kappa shape index (κ1) is 20.9. The number of imide groups is 1. The van der Waals surface area contributed by atoms with E-state index in [0.717, 1.165) is 29.2 Å². The monoisotopic (exact) mass is 422 g/mol. The van der Waals surface area contributed by atoms with Crippen LogP contribution in [0.25, 0.3) is 0 Å². The third kappa shape index (κ3) is 4.69. The highest BCUT2D eigenvalue weighted by Gasteiger charge is 2.42. The highest BCUT2D eigenvalue weighted by Crippen LogP contribution is 2.20. The number of ether oxygens (including phenoxy) is 1. The van der Waals surface area contributed by atoms with Gasteiger partial charge in [-0.05, 0) is 36.8 Å². The minimum atomic E-state index is -0.924. The normalized spacial score (nSPS) is 19.8. The van der Waals surface area contributed by atoms with Crippen molar-refractivity contribution in [1.29, 1.82) is 0 Å². The molecule has 2 heterocycles. The molecule has 31 heavy (non-hydrogen) atoms. The van der Waals surface area contributed by atoms with Crippen LogP contribution in [0.3, 0.4) is 0 Å². The van der Waals surface area contributed by atoms with Gasteiger partial charge in [-0.25, -0.2) is 4.79 Å². The molecule has 2 aromatic carbocycles. The predicted octanol–water partition coefficient (Wildman–Crippen LogP) is 2.01. The first-order valence-corrected chi connectivity index (χ1v) is 10.4. The molecule has 0 spiro atoms. The number of amides is 4. The Hall–Kier alpha value is -3.39. The Labute approximate surface area is 181 Å². The maximum Gasteiger partial charge on any atom is 0.325 e. The smallest absolute Gasteiger partial charge is 0.325 e. The van der Waals surface area contributed by atoms with Crippen LogP contribution in [0.15, 0.2) is 54.6 Å². The Bertz CT molecular complexity index is 942. The minimum absolute atomic E-state index is 0.388. The van der Waals surface area contributed by atoms with Gasteiger partial charge in [-0.1, -0.05) is 30.3 Å². The van der Waals surface area contributed by atoms with E-state index in [-0.39, 0.29) is 5.91 Å². The van der Waals surface area contributed by atoms with E-state index in [1.165, 1.54) is 0 Å². The van der Waals surface area contributed by atoms with Gasteiger partial charge in [0.25, 0.3) is 5.91 Å². The summed E-state index contributed by atoms with van der Waals surface area (Å²) in [6, 6.07) is 14.8. The summed E-state index contributed by atoms with van der Waals surface area (Å²) in [6.45, 7) is 4.62. The molecule has 8 nitrogen and oxygen atoms in total. The van der Waals surface area contributed by atoms with Crippen molar-refractivity contribution in [3.63, 3.8) is 0 Å². The van der Waals surface area contributed by atoms with Gasteiger partial charge in [-0.3, -0.25) is 14.5 Å². The van der Waals surface area contributed by atoms with Gasteiger partial charge in [-0.15, -0.1) is 0 Å². The number of hydrogen-bond donors (Lipinski definition) is 2. The molecule has 2 aliphatic heterocycles. The van der Waals surface area contributed by atoms with E-state index in [0.29, 0.717) is 25.3 Å². The number of nitrogens with one attached hydrogen (secondary N) is 2. The van der Waals surface area contributed by atoms with Crippen molar-refractivity contribution in [2.24, 2.45) is 0 Å². The standard InChI is InChI=1S/C23H26N4O4/c1-16(27-22(29)20(25-23(27)30)15-17-5-3-2-4-6-17)21(28)24-18-7-9-19(10-8-18)26-11-13-31-14-12-26/h2-10,16,20H,11-15H2,1H3,(H,24,28)(H,25,30)/t16-,20-/m0/s1. The molecule has 0 aromatic heterocycles. The molecule has 0 saturated carbocycles. The van der Waals surface area contributed by atoms with Crippen molar-refractivity contribution < 1.29 is 19.1 Å². The van der Waals surface area contributed by atoms with Crippen molar-refractivity contribution >= 4 is 29.2 Å². The molecule has 2 N–H and O–H groups in total. The number of anilines is 2. The third-order valence-corrected chi connectivity index (χ3v) is 5.61. The first-order valence-electron chi connectivity index (χ1n) is 10.4. The zero-order valence-corrected chi connectivity index (χ0v) is 17.4. The summed E-state index contributed by atoms with van der Waals surface area (Å²) in [6.07, 6.45) is 0.388. The predicted molar refractivity (Wildman–Crippen MR) is 117 cm³/mol. The number of morpholine rings is 1. The first-order chi connectivity index (χ1) is 15.0. The lowest BCUT2D eigenvalue weighted by atomic mass is 10.1. The summed E-state index contributed by atoms with van der Waals surface area (Å²) < 4.78 is 5.37. The summed E-state index contributed by atoms with van der Waals surface area (Å²) in [5, 5.41) is 5.49. The lowest BCUT2D eigenvalue weighted by Crippen LogP contribution is -2.46. The van der Waals surface area contributed by atoms with Crippen molar-refractivity contribution in [2.45, 2.75) is 25.4 Å². The lowest BCUT2D eigenvalue weighted by Gasteiger charge is -2.29. The molecule has 0 bridgehead atoms. The fourth-order valence-electron chi connectivity index (χ4n) is 3.84. The summed E-state index contributed by atoms with van der Waals surface area (Å²) in [7, 11) is 0. The fraction of sp³-hybridized carbons (Fsp3) is 0.348. The van der Waals surface area contributed by atoms with Crippen LogP contribution in [-0.2, 0) is 20.7 Å². The summed E-state index contributed by atoms with van der Waals surface area (Å²) in [5.41, 5.74) is 2.62. The van der Waals surface area contributed by atoms with Gasteiger partial charge in [0.15, 0.2) is 0 Å². The molecular formula is C23H26N4O4. The molecule has 4 amide bonds. The summed E-state index contributed by atoms with van der Waals surface area (Å²) in [4.78, 5) is 41.1.